The molecule has 2 aliphatic heterocycles. The second-order valence-corrected chi connectivity index (χ2v) is 16.3. The van der Waals surface area contributed by atoms with Gasteiger partial charge in [0.25, 0.3) is 0 Å². The van der Waals surface area contributed by atoms with E-state index in [1.54, 1.807) is 6.07 Å². The molecule has 0 saturated carbocycles. The number of amides is 1. The van der Waals surface area contributed by atoms with Crippen LogP contribution in [-0.4, -0.2) is 51.0 Å². The van der Waals surface area contributed by atoms with Crippen molar-refractivity contribution >= 4 is 48.1 Å². The highest BCUT2D eigenvalue weighted by Gasteiger charge is 2.32. The molecule has 2 atom stereocenters. The number of fused-ring (bicyclic) bond motifs is 3. The van der Waals surface area contributed by atoms with Crippen LogP contribution in [-0.2, 0) is 27.4 Å². The summed E-state index contributed by atoms with van der Waals surface area (Å²) in [6.07, 6.45) is 1.76. The Morgan fingerprint density at radius 3 is 2.72 bits per heavy atom. The summed E-state index contributed by atoms with van der Waals surface area (Å²) in [7, 11) is -1.21. The van der Waals surface area contributed by atoms with Crippen LogP contribution in [0.1, 0.15) is 30.5 Å². The molecule has 1 saturated heterocycles. The van der Waals surface area contributed by atoms with Gasteiger partial charge < -0.3 is 24.1 Å². The van der Waals surface area contributed by atoms with Crippen LogP contribution in [0.15, 0.2) is 6.07 Å². The number of hydrogen-bond acceptors (Lipinski definition) is 4. The molecule has 176 valence electrons. The highest BCUT2D eigenvalue weighted by Crippen LogP contribution is 2.45. The molecule has 0 radical (unpaired) electrons. The van der Waals surface area contributed by atoms with E-state index in [-0.39, 0.29) is 17.9 Å². The van der Waals surface area contributed by atoms with Crippen LogP contribution in [0.5, 0.6) is 5.75 Å². The largest absolute Gasteiger partial charge is 0.490 e. The van der Waals surface area contributed by atoms with Gasteiger partial charge in [-0.05, 0) is 18.5 Å². The molecule has 4 rings (SSSR count). The average Bonchev–Trinajstić information content (AvgIpc) is 2.92. The predicted octanol–water partition coefficient (Wildman–Crippen LogP) is 5.20. The van der Waals surface area contributed by atoms with E-state index in [1.165, 1.54) is 0 Å². The molecule has 32 heavy (non-hydrogen) atoms. The smallest absolute Gasteiger partial charge is 0.227 e. The summed E-state index contributed by atoms with van der Waals surface area (Å²) in [5.74, 6) is 0.308. The molecule has 0 bridgehead atoms. The number of rotatable bonds is 8. The third-order valence-corrected chi connectivity index (χ3v) is 8.74. The number of carbonyl (C=O) groups is 1. The zero-order chi connectivity index (χ0) is 23.0. The molecule has 0 aliphatic carbocycles. The van der Waals surface area contributed by atoms with Crippen molar-refractivity contribution in [1.82, 2.24) is 9.88 Å². The summed E-state index contributed by atoms with van der Waals surface area (Å²) in [4.78, 5) is 12.7. The van der Waals surface area contributed by atoms with Gasteiger partial charge in [-0.2, -0.15) is 0 Å². The molecular formula is C23H32Cl2N2O4Si. The number of hydrogen-bond donors (Lipinski definition) is 1. The van der Waals surface area contributed by atoms with Crippen molar-refractivity contribution < 1.29 is 19.0 Å². The molecule has 0 spiro atoms. The molecule has 6 nitrogen and oxygen atoms in total. The highest BCUT2D eigenvalue weighted by atomic mass is 35.5. The van der Waals surface area contributed by atoms with Gasteiger partial charge >= 0.3 is 0 Å². The Morgan fingerprint density at radius 2 is 2.06 bits per heavy atom. The van der Waals surface area contributed by atoms with Gasteiger partial charge in [0, 0.05) is 57.8 Å². The zero-order valence-corrected chi connectivity index (χ0v) is 21.7. The summed E-state index contributed by atoms with van der Waals surface area (Å²) in [6.45, 7) is 11.8. The second kappa shape index (κ2) is 9.55. The van der Waals surface area contributed by atoms with Gasteiger partial charge in [-0.25, -0.2) is 0 Å². The SMILES string of the molecule is CC1C(=O)NCCc2c1c1c(OC[C@H]3CCO3)cc(Cl)c(Cl)c1n2COCC[Si](C)(C)C. The quantitative estimate of drug-likeness (QED) is 0.401. The van der Waals surface area contributed by atoms with Gasteiger partial charge in [0.1, 0.15) is 19.1 Å². The summed E-state index contributed by atoms with van der Waals surface area (Å²) in [6, 6.07) is 2.84. The first kappa shape index (κ1) is 23.9. The number of nitrogens with zero attached hydrogens (tertiary/aromatic N) is 1. The fraction of sp³-hybridized carbons (Fsp3) is 0.609. The van der Waals surface area contributed by atoms with Crippen molar-refractivity contribution in [2.75, 3.05) is 26.4 Å². The van der Waals surface area contributed by atoms with E-state index in [0.29, 0.717) is 48.7 Å². The van der Waals surface area contributed by atoms with Gasteiger partial charge in [0.2, 0.25) is 5.91 Å². The lowest BCUT2D eigenvalue weighted by Crippen LogP contribution is -2.32. The van der Waals surface area contributed by atoms with Crippen molar-refractivity contribution in [2.45, 2.75) is 64.2 Å². The van der Waals surface area contributed by atoms with E-state index in [1.807, 2.05) is 6.92 Å². The molecule has 1 N–H and O–H groups in total. The molecule has 2 aromatic rings. The molecule has 2 aliphatic rings. The lowest BCUT2D eigenvalue weighted by atomic mass is 9.96. The Morgan fingerprint density at radius 1 is 1.31 bits per heavy atom. The predicted molar refractivity (Wildman–Crippen MR) is 131 cm³/mol. The van der Waals surface area contributed by atoms with E-state index in [9.17, 15) is 4.79 Å². The molecule has 1 fully saturated rings. The van der Waals surface area contributed by atoms with Crippen LogP contribution >= 0.6 is 23.2 Å². The van der Waals surface area contributed by atoms with Crippen molar-refractivity contribution in [3.8, 4) is 5.75 Å². The molecule has 9 heteroatoms. The van der Waals surface area contributed by atoms with Crippen LogP contribution in [0, 0.1) is 0 Å². The number of halogens is 2. The molecule has 1 aromatic heterocycles. The van der Waals surface area contributed by atoms with Gasteiger partial charge in [-0.1, -0.05) is 42.8 Å². The summed E-state index contributed by atoms with van der Waals surface area (Å²) in [5.41, 5.74) is 2.78. The van der Waals surface area contributed by atoms with Gasteiger partial charge in [0.05, 0.1) is 27.6 Å². The minimum absolute atomic E-state index is 0.00167. The summed E-state index contributed by atoms with van der Waals surface area (Å²) in [5, 5.41) is 4.76. The maximum Gasteiger partial charge on any atom is 0.227 e. The first-order chi connectivity index (χ1) is 15.2. The van der Waals surface area contributed by atoms with E-state index in [2.05, 4.69) is 29.5 Å². The molecule has 1 aromatic carbocycles. The van der Waals surface area contributed by atoms with Crippen LogP contribution in [0.25, 0.3) is 10.9 Å². The Balaban J connectivity index is 1.79. The standard InChI is InChI=1S/C23H32Cl2N2O4Si/c1-14-19-17(5-7-26-23(14)28)27(13-29-9-10-32(2,3)4)22-20(19)18(11-16(24)21(22)25)31-12-15-6-8-30-15/h11,14-15H,5-10,12-13H2,1-4H3,(H,26,28)/t14?,15-/m1/s1. The van der Waals surface area contributed by atoms with Crippen LogP contribution < -0.4 is 10.1 Å². The van der Waals surface area contributed by atoms with E-state index in [0.717, 1.165) is 41.2 Å². The van der Waals surface area contributed by atoms with Crippen LogP contribution in [0.3, 0.4) is 0 Å². The highest BCUT2D eigenvalue weighted by molar-refractivity contribution is 6.76. The minimum atomic E-state index is -1.21. The first-order valence-corrected chi connectivity index (χ1v) is 15.8. The average molecular weight is 500 g/mol. The van der Waals surface area contributed by atoms with E-state index < -0.39 is 8.07 Å². The lowest BCUT2D eigenvalue weighted by molar-refractivity contribution is -0.121. The second-order valence-electron chi connectivity index (χ2n) is 9.89. The number of carbonyl (C=O) groups excluding carboxylic acids is 1. The number of aromatic nitrogens is 1. The first-order valence-electron chi connectivity index (χ1n) is 11.3. The van der Waals surface area contributed by atoms with Gasteiger partial charge in [-0.3, -0.25) is 4.79 Å². The summed E-state index contributed by atoms with van der Waals surface area (Å²) < 4.78 is 19.9. The zero-order valence-electron chi connectivity index (χ0n) is 19.2. The van der Waals surface area contributed by atoms with E-state index >= 15 is 0 Å². The fourth-order valence-electron chi connectivity index (χ4n) is 4.24. The summed E-state index contributed by atoms with van der Waals surface area (Å²) >= 11 is 13.3. The minimum Gasteiger partial charge on any atom is -0.490 e. The Kier molecular flexibility index (Phi) is 7.13. The van der Waals surface area contributed by atoms with Crippen molar-refractivity contribution in [3.63, 3.8) is 0 Å². The normalized spacial score (nSPS) is 21.1. The molecular weight excluding hydrogens is 467 g/mol. The Bertz CT molecular complexity index is 1010. The number of benzene rings is 1. The van der Waals surface area contributed by atoms with Gasteiger partial charge in [-0.15, -0.1) is 0 Å². The maximum atomic E-state index is 12.7. The van der Waals surface area contributed by atoms with Gasteiger partial charge in [0.15, 0.2) is 0 Å². The monoisotopic (exact) mass is 498 g/mol. The number of ether oxygens (including phenoxy) is 3. The van der Waals surface area contributed by atoms with Crippen molar-refractivity contribution in [1.29, 1.82) is 0 Å². The third kappa shape index (κ3) is 4.82. The maximum absolute atomic E-state index is 12.7. The Hall–Kier alpha value is -1.25. The van der Waals surface area contributed by atoms with Crippen molar-refractivity contribution in [2.24, 2.45) is 0 Å². The fourth-order valence-corrected chi connectivity index (χ4v) is 5.44. The number of nitrogens with one attached hydrogen (secondary N) is 1. The Labute approximate surface area is 200 Å². The molecule has 1 amide bonds. The van der Waals surface area contributed by atoms with E-state index in [4.69, 9.17) is 37.4 Å². The lowest BCUT2D eigenvalue weighted by Gasteiger charge is -2.26. The molecule has 3 heterocycles. The van der Waals surface area contributed by atoms with Crippen LogP contribution in [0.2, 0.25) is 35.7 Å². The van der Waals surface area contributed by atoms with Crippen LogP contribution in [0.4, 0.5) is 0 Å². The molecule has 1 unspecified atom stereocenters. The third-order valence-electron chi connectivity index (χ3n) is 6.26. The van der Waals surface area contributed by atoms with Crippen molar-refractivity contribution in [3.05, 3.63) is 27.4 Å². The topological polar surface area (TPSA) is 61.7 Å².